The summed E-state index contributed by atoms with van der Waals surface area (Å²) >= 11 is 0. The summed E-state index contributed by atoms with van der Waals surface area (Å²) in [5, 5.41) is 19.0. The van der Waals surface area contributed by atoms with E-state index in [0.29, 0.717) is 11.3 Å². The van der Waals surface area contributed by atoms with Crippen molar-refractivity contribution in [3.8, 4) is 11.3 Å². The number of carboxylic acid groups (broad SMARTS) is 1. The largest absolute Gasteiger partial charge is 0.480 e. The molecule has 2 aromatic rings. The Labute approximate surface area is 124 Å². The molecule has 2 rings (SSSR count). The SMILES string of the molecule is N=C(C(N)=O)c1cc(-c2cncnc2)ncc1NCC(=O)O. The van der Waals surface area contributed by atoms with Crippen LogP contribution in [-0.2, 0) is 9.59 Å². The summed E-state index contributed by atoms with van der Waals surface area (Å²) in [6, 6.07) is 1.45. The Morgan fingerprint density at radius 2 is 1.95 bits per heavy atom. The van der Waals surface area contributed by atoms with E-state index >= 15 is 0 Å². The second-order valence-corrected chi connectivity index (χ2v) is 4.23. The summed E-state index contributed by atoms with van der Waals surface area (Å²) in [6.45, 7) is -0.380. The van der Waals surface area contributed by atoms with E-state index in [-0.39, 0.29) is 17.8 Å². The third-order valence-electron chi connectivity index (χ3n) is 2.71. The molecule has 0 aromatic carbocycles. The van der Waals surface area contributed by atoms with Gasteiger partial charge >= 0.3 is 5.97 Å². The molecule has 0 radical (unpaired) electrons. The molecule has 5 N–H and O–H groups in total. The Hall–Kier alpha value is -3.36. The highest BCUT2D eigenvalue weighted by atomic mass is 16.4. The molecular formula is C13H12N6O3. The lowest BCUT2D eigenvalue weighted by atomic mass is 10.1. The van der Waals surface area contributed by atoms with Crippen LogP contribution in [0.2, 0.25) is 0 Å². The smallest absolute Gasteiger partial charge is 0.322 e. The number of carbonyl (C=O) groups is 2. The first-order chi connectivity index (χ1) is 10.5. The van der Waals surface area contributed by atoms with E-state index in [4.69, 9.17) is 16.2 Å². The van der Waals surface area contributed by atoms with Crippen molar-refractivity contribution in [2.75, 3.05) is 11.9 Å². The fourth-order valence-electron chi connectivity index (χ4n) is 1.70. The summed E-state index contributed by atoms with van der Waals surface area (Å²) in [5.41, 5.74) is 6.08. The number of aliphatic carboxylic acids is 1. The van der Waals surface area contributed by atoms with Gasteiger partial charge in [0.2, 0.25) is 0 Å². The van der Waals surface area contributed by atoms with Crippen LogP contribution in [0.1, 0.15) is 5.56 Å². The maximum absolute atomic E-state index is 11.2. The first-order valence-electron chi connectivity index (χ1n) is 6.09. The van der Waals surface area contributed by atoms with Gasteiger partial charge < -0.3 is 16.2 Å². The molecule has 0 fully saturated rings. The first kappa shape index (κ1) is 15.0. The highest BCUT2D eigenvalue weighted by Gasteiger charge is 2.16. The topological polar surface area (TPSA) is 155 Å². The van der Waals surface area contributed by atoms with E-state index in [1.807, 2.05) is 0 Å². The number of amides is 1. The molecule has 0 spiro atoms. The molecule has 0 unspecified atom stereocenters. The van der Waals surface area contributed by atoms with E-state index in [1.54, 1.807) is 0 Å². The quantitative estimate of drug-likeness (QED) is 0.542. The number of aromatic nitrogens is 3. The van der Waals surface area contributed by atoms with E-state index in [9.17, 15) is 9.59 Å². The number of primary amides is 1. The molecule has 0 aliphatic rings. The molecule has 22 heavy (non-hydrogen) atoms. The molecular weight excluding hydrogens is 288 g/mol. The van der Waals surface area contributed by atoms with Gasteiger partial charge in [-0.15, -0.1) is 0 Å². The van der Waals surface area contributed by atoms with Crippen LogP contribution in [0.25, 0.3) is 11.3 Å². The average molecular weight is 300 g/mol. The van der Waals surface area contributed by atoms with Crippen LogP contribution in [0.15, 0.2) is 31.0 Å². The summed E-state index contributed by atoms with van der Waals surface area (Å²) in [6.07, 6.45) is 5.74. The standard InChI is InChI=1S/C13H12N6O3/c14-12(13(15)22)8-1-9(7-2-16-6-17-3-7)18-4-10(8)19-5-11(20)21/h1-4,6,14,19H,5H2,(H2,15,22)(H,20,21). The lowest BCUT2D eigenvalue weighted by Crippen LogP contribution is -2.25. The molecule has 0 saturated carbocycles. The molecule has 9 nitrogen and oxygen atoms in total. The fraction of sp³-hybridized carbons (Fsp3) is 0.0769. The molecule has 112 valence electrons. The number of pyridine rings is 1. The Kier molecular flexibility index (Phi) is 4.37. The van der Waals surface area contributed by atoms with Crippen LogP contribution in [0.5, 0.6) is 0 Å². The van der Waals surface area contributed by atoms with Crippen molar-refractivity contribution in [1.82, 2.24) is 15.0 Å². The van der Waals surface area contributed by atoms with Crippen LogP contribution in [0, 0.1) is 5.41 Å². The van der Waals surface area contributed by atoms with Crippen LogP contribution in [-0.4, -0.2) is 44.2 Å². The van der Waals surface area contributed by atoms with Gasteiger partial charge in [0.15, 0.2) is 0 Å². The third kappa shape index (κ3) is 3.39. The number of rotatable bonds is 6. The van der Waals surface area contributed by atoms with Crippen molar-refractivity contribution in [3.63, 3.8) is 0 Å². The lowest BCUT2D eigenvalue weighted by molar-refractivity contribution is -0.134. The molecule has 0 atom stereocenters. The van der Waals surface area contributed by atoms with E-state index in [2.05, 4.69) is 20.3 Å². The Morgan fingerprint density at radius 1 is 1.27 bits per heavy atom. The third-order valence-corrected chi connectivity index (χ3v) is 2.71. The summed E-state index contributed by atoms with van der Waals surface area (Å²) in [4.78, 5) is 33.7. The van der Waals surface area contributed by atoms with Gasteiger partial charge in [-0.05, 0) is 6.07 Å². The molecule has 0 bridgehead atoms. The number of carbonyl (C=O) groups excluding carboxylic acids is 1. The van der Waals surface area contributed by atoms with Crippen molar-refractivity contribution in [2.45, 2.75) is 0 Å². The number of hydrogen-bond acceptors (Lipinski definition) is 7. The van der Waals surface area contributed by atoms with Crippen molar-refractivity contribution < 1.29 is 14.7 Å². The van der Waals surface area contributed by atoms with E-state index < -0.39 is 17.6 Å². The van der Waals surface area contributed by atoms with Crippen molar-refractivity contribution in [3.05, 3.63) is 36.5 Å². The molecule has 1 amide bonds. The van der Waals surface area contributed by atoms with Gasteiger partial charge in [0.05, 0.1) is 17.6 Å². The first-order valence-corrected chi connectivity index (χ1v) is 6.09. The van der Waals surface area contributed by atoms with E-state index in [1.165, 1.54) is 31.0 Å². The molecule has 2 aromatic heterocycles. The zero-order chi connectivity index (χ0) is 16.1. The van der Waals surface area contributed by atoms with Gasteiger partial charge in [0.25, 0.3) is 5.91 Å². The Morgan fingerprint density at radius 3 is 2.55 bits per heavy atom. The van der Waals surface area contributed by atoms with Gasteiger partial charge in [-0.25, -0.2) is 9.97 Å². The summed E-state index contributed by atoms with van der Waals surface area (Å²) < 4.78 is 0. The molecule has 9 heteroatoms. The minimum atomic E-state index is -1.09. The predicted octanol–water partition coefficient (Wildman–Crippen LogP) is -0.112. The van der Waals surface area contributed by atoms with Crippen molar-refractivity contribution >= 4 is 23.3 Å². The number of nitrogens with one attached hydrogen (secondary N) is 2. The van der Waals surface area contributed by atoms with Gasteiger partial charge in [0, 0.05) is 23.5 Å². The lowest BCUT2D eigenvalue weighted by Gasteiger charge is -2.11. The molecule has 2 heterocycles. The minimum absolute atomic E-state index is 0.155. The minimum Gasteiger partial charge on any atom is -0.480 e. The summed E-state index contributed by atoms with van der Waals surface area (Å²) in [5.74, 6) is -2.02. The maximum Gasteiger partial charge on any atom is 0.322 e. The van der Waals surface area contributed by atoms with Gasteiger partial charge in [0.1, 0.15) is 18.6 Å². The summed E-state index contributed by atoms with van der Waals surface area (Å²) in [7, 11) is 0. The van der Waals surface area contributed by atoms with Crippen LogP contribution < -0.4 is 11.1 Å². The normalized spacial score (nSPS) is 10.0. The van der Waals surface area contributed by atoms with E-state index in [0.717, 1.165) is 0 Å². The number of nitrogens with two attached hydrogens (primary N) is 1. The zero-order valence-corrected chi connectivity index (χ0v) is 11.3. The average Bonchev–Trinajstić information content (AvgIpc) is 2.52. The maximum atomic E-state index is 11.2. The Balaban J connectivity index is 2.45. The number of hydrogen-bond donors (Lipinski definition) is 4. The predicted molar refractivity (Wildman–Crippen MR) is 77.4 cm³/mol. The second kappa shape index (κ2) is 6.39. The highest BCUT2D eigenvalue weighted by molar-refractivity contribution is 6.44. The monoisotopic (exact) mass is 300 g/mol. The highest BCUT2D eigenvalue weighted by Crippen LogP contribution is 2.22. The van der Waals surface area contributed by atoms with Gasteiger partial charge in [-0.3, -0.25) is 20.0 Å². The molecule has 0 saturated heterocycles. The Bertz CT molecular complexity index is 732. The molecule has 0 aliphatic carbocycles. The van der Waals surface area contributed by atoms with Crippen LogP contribution >= 0.6 is 0 Å². The van der Waals surface area contributed by atoms with Crippen molar-refractivity contribution in [2.24, 2.45) is 5.73 Å². The zero-order valence-electron chi connectivity index (χ0n) is 11.3. The number of anilines is 1. The number of nitrogens with zero attached hydrogens (tertiary/aromatic N) is 3. The van der Waals surface area contributed by atoms with Crippen LogP contribution in [0.3, 0.4) is 0 Å². The van der Waals surface area contributed by atoms with Crippen molar-refractivity contribution in [1.29, 1.82) is 5.41 Å². The number of carboxylic acids is 1. The van der Waals surface area contributed by atoms with Gasteiger partial charge in [-0.1, -0.05) is 0 Å². The van der Waals surface area contributed by atoms with Gasteiger partial charge in [-0.2, -0.15) is 0 Å². The molecule has 0 aliphatic heterocycles. The second-order valence-electron chi connectivity index (χ2n) is 4.23. The fourth-order valence-corrected chi connectivity index (χ4v) is 1.70. The van der Waals surface area contributed by atoms with Crippen LogP contribution in [0.4, 0.5) is 5.69 Å².